The van der Waals surface area contributed by atoms with Gasteiger partial charge in [-0.05, 0) is 160 Å². The first-order chi connectivity index (χ1) is 22.5. The van der Waals surface area contributed by atoms with Crippen molar-refractivity contribution in [1.82, 2.24) is 10.2 Å². The number of piperidine rings is 1. The molecule has 1 aliphatic heterocycles. The van der Waals surface area contributed by atoms with Crippen LogP contribution >= 0.6 is 11.6 Å². The zero-order valence-electron chi connectivity index (χ0n) is 30.5. The molecule has 0 spiro atoms. The van der Waals surface area contributed by atoms with E-state index in [1.54, 1.807) is 0 Å². The quantitative estimate of drug-likeness (QED) is 0.262. The van der Waals surface area contributed by atoms with Crippen molar-refractivity contribution in [3.63, 3.8) is 0 Å². The molecule has 6 nitrogen and oxygen atoms in total. The van der Waals surface area contributed by atoms with Crippen LogP contribution in [0.25, 0.3) is 0 Å². The average molecular weight is 703 g/mol. The molecule has 5 fully saturated rings. The number of hydrogen-bond acceptors (Lipinski definition) is 5. The molecule has 8 heteroatoms. The van der Waals surface area contributed by atoms with Gasteiger partial charge in [0.1, 0.15) is 14.7 Å². The Balaban J connectivity index is 1.03. The zero-order chi connectivity index (χ0) is 34.3. The molecule has 1 heterocycles. The second kappa shape index (κ2) is 12.4. The van der Waals surface area contributed by atoms with Gasteiger partial charge in [-0.1, -0.05) is 46.3 Å². The van der Waals surface area contributed by atoms with Crippen LogP contribution in [-0.2, 0) is 14.6 Å². The Morgan fingerprint density at radius 2 is 1.65 bits per heavy atom. The van der Waals surface area contributed by atoms with Gasteiger partial charge in [0.15, 0.2) is 0 Å². The summed E-state index contributed by atoms with van der Waals surface area (Å²) in [6.07, 6.45) is 22.7. The highest BCUT2D eigenvalue weighted by Crippen LogP contribution is 2.72. The summed E-state index contributed by atoms with van der Waals surface area (Å²) in [5.41, 5.74) is 3.90. The van der Waals surface area contributed by atoms with Crippen molar-refractivity contribution in [2.75, 3.05) is 32.4 Å². The van der Waals surface area contributed by atoms with Crippen molar-refractivity contribution in [2.24, 2.45) is 45.8 Å². The summed E-state index contributed by atoms with van der Waals surface area (Å²) in [6.45, 7) is 14.2. The minimum atomic E-state index is -2.92. The topological polar surface area (TPSA) is 86.7 Å². The van der Waals surface area contributed by atoms with E-state index in [9.17, 15) is 18.3 Å². The number of aliphatic carboxylic acids is 1. The van der Waals surface area contributed by atoms with E-state index >= 15 is 0 Å². The number of carbonyl (C=O) groups is 1. The van der Waals surface area contributed by atoms with Crippen molar-refractivity contribution >= 4 is 27.4 Å². The van der Waals surface area contributed by atoms with Crippen LogP contribution in [0, 0.1) is 45.8 Å². The molecule has 4 saturated carbocycles. The standard InChI is InChI=1S/C40H63ClN2O4S/c1-36(2)30(27-10-20-39(41,21-11-27)35(44)45)12-18-38(4)33(36)14-19-37(3)31-13-22-40(17-6-7-32(40)29(31)8-9-34(37)38)42-23-26-43-24-15-28(16-25-43)48(5,46)47/h10,12,28-29,31-34,42H,6-9,11,13-26H2,1-5H3,(H,44,45)/t29-,31?,32+,33?,34?,37-,38-,39?,40-/m0/s1. The third-order valence-electron chi connectivity index (χ3n) is 16.3. The van der Waals surface area contributed by atoms with Gasteiger partial charge in [-0.15, -0.1) is 11.6 Å². The molecule has 48 heavy (non-hydrogen) atoms. The molecule has 0 aromatic heterocycles. The van der Waals surface area contributed by atoms with Gasteiger partial charge in [0.05, 0.1) is 5.25 Å². The third-order valence-corrected chi connectivity index (χ3v) is 18.5. The van der Waals surface area contributed by atoms with Crippen LogP contribution in [0.3, 0.4) is 0 Å². The smallest absolute Gasteiger partial charge is 0.325 e. The maximum Gasteiger partial charge on any atom is 0.325 e. The number of rotatable bonds is 7. The highest BCUT2D eigenvalue weighted by molar-refractivity contribution is 7.91. The maximum absolute atomic E-state index is 12.0. The second-order valence-electron chi connectivity index (χ2n) is 18.7. The zero-order valence-corrected chi connectivity index (χ0v) is 32.0. The molecule has 6 aliphatic carbocycles. The summed E-state index contributed by atoms with van der Waals surface area (Å²) in [7, 11) is -2.92. The van der Waals surface area contributed by atoms with E-state index in [0.717, 1.165) is 75.5 Å². The lowest BCUT2D eigenvalue weighted by molar-refractivity contribution is -0.175. The van der Waals surface area contributed by atoms with Crippen molar-refractivity contribution in [1.29, 1.82) is 0 Å². The van der Waals surface area contributed by atoms with Crippen LogP contribution in [0.15, 0.2) is 23.3 Å². The molecule has 0 bridgehead atoms. The number of halogens is 1. The Morgan fingerprint density at radius 1 is 0.896 bits per heavy atom. The van der Waals surface area contributed by atoms with Gasteiger partial charge in [0.25, 0.3) is 0 Å². The Hall–Kier alpha value is -0.890. The molecule has 7 aliphatic rings. The van der Waals surface area contributed by atoms with E-state index in [-0.39, 0.29) is 10.7 Å². The Kier molecular flexibility index (Phi) is 9.15. The van der Waals surface area contributed by atoms with Crippen molar-refractivity contribution in [2.45, 2.75) is 140 Å². The van der Waals surface area contributed by atoms with E-state index in [2.05, 4.69) is 50.1 Å². The highest BCUT2D eigenvalue weighted by atomic mass is 35.5. The van der Waals surface area contributed by atoms with E-state index < -0.39 is 20.7 Å². The largest absolute Gasteiger partial charge is 0.480 e. The number of carboxylic acid groups (broad SMARTS) is 1. The summed E-state index contributed by atoms with van der Waals surface area (Å²) in [5, 5.41) is 13.7. The number of alkyl halides is 1. The van der Waals surface area contributed by atoms with E-state index in [1.165, 1.54) is 75.2 Å². The fourth-order valence-corrected chi connectivity index (χ4v) is 15.2. The third kappa shape index (κ3) is 5.70. The normalized spacial score (nSPS) is 44.8. The number of fused-ring (bicyclic) bond motifs is 7. The van der Waals surface area contributed by atoms with Crippen LogP contribution in [0.4, 0.5) is 0 Å². The summed E-state index contributed by atoms with van der Waals surface area (Å²) in [5.74, 6) is 2.96. The molecule has 0 aromatic rings. The van der Waals surface area contributed by atoms with Crippen molar-refractivity contribution in [3.8, 4) is 0 Å². The van der Waals surface area contributed by atoms with Gasteiger partial charge in [-0.2, -0.15) is 0 Å². The molecule has 270 valence electrons. The lowest BCUT2D eigenvalue weighted by Crippen LogP contribution is -2.64. The molecule has 4 unspecified atom stereocenters. The van der Waals surface area contributed by atoms with Crippen LogP contribution in [0.5, 0.6) is 0 Å². The Bertz CT molecular complexity index is 1450. The number of nitrogens with zero attached hydrogens (tertiary/aromatic N) is 1. The second-order valence-corrected chi connectivity index (χ2v) is 21.8. The predicted molar refractivity (Wildman–Crippen MR) is 195 cm³/mol. The van der Waals surface area contributed by atoms with Crippen LogP contribution in [0.1, 0.15) is 124 Å². The monoisotopic (exact) mass is 702 g/mol. The number of carboxylic acids is 1. The lowest BCUT2D eigenvalue weighted by atomic mass is 9.37. The number of allylic oxidation sites excluding steroid dienone is 4. The average Bonchev–Trinajstić information content (AvgIpc) is 3.46. The molecule has 0 amide bonds. The van der Waals surface area contributed by atoms with Gasteiger partial charge in [0.2, 0.25) is 0 Å². The molecule has 7 rings (SSSR count). The SMILES string of the molecule is CC1(C)C(C2=CCC(Cl)(C(=O)O)CC2)=CC[C@@]2(C)C1CC[C@@]1(C)C3CC[C@@]4(NCCN5CCC(S(C)(=O)=O)CC5)CCC[C@@H]4[C@H]3CCC12. The first-order valence-electron chi connectivity index (χ1n) is 19.5. The van der Waals surface area contributed by atoms with E-state index in [0.29, 0.717) is 35.1 Å². The number of hydrogen-bond donors (Lipinski definition) is 2. The minimum absolute atomic E-state index is 0.0731. The van der Waals surface area contributed by atoms with Crippen LogP contribution < -0.4 is 5.32 Å². The van der Waals surface area contributed by atoms with Gasteiger partial charge in [0, 0.05) is 24.9 Å². The van der Waals surface area contributed by atoms with Crippen molar-refractivity contribution < 1.29 is 18.3 Å². The summed E-state index contributed by atoms with van der Waals surface area (Å²) in [6, 6.07) is 0. The molecule has 0 aromatic carbocycles. The summed E-state index contributed by atoms with van der Waals surface area (Å²) < 4.78 is 24.1. The van der Waals surface area contributed by atoms with Crippen molar-refractivity contribution in [3.05, 3.63) is 23.3 Å². The first kappa shape index (κ1) is 35.5. The predicted octanol–water partition coefficient (Wildman–Crippen LogP) is 8.01. The van der Waals surface area contributed by atoms with Gasteiger partial charge >= 0.3 is 5.97 Å². The Labute approximate surface area is 296 Å². The maximum atomic E-state index is 12.0. The van der Waals surface area contributed by atoms with Crippen LogP contribution in [0.2, 0.25) is 0 Å². The fourth-order valence-electron chi connectivity index (χ4n) is 14.0. The Morgan fingerprint density at radius 3 is 2.31 bits per heavy atom. The molecule has 9 atom stereocenters. The lowest BCUT2D eigenvalue weighted by Gasteiger charge is -2.68. The van der Waals surface area contributed by atoms with Gasteiger partial charge in [-0.25, -0.2) is 8.42 Å². The minimum Gasteiger partial charge on any atom is -0.480 e. The number of sulfone groups is 1. The van der Waals surface area contributed by atoms with E-state index in [1.807, 2.05) is 0 Å². The first-order valence-corrected chi connectivity index (χ1v) is 21.9. The number of likely N-dealkylation sites (tertiary alicyclic amines) is 1. The molecular formula is C40H63ClN2O4S. The summed E-state index contributed by atoms with van der Waals surface area (Å²) in [4.78, 5) is 13.1. The molecule has 0 radical (unpaired) electrons. The molecular weight excluding hydrogens is 640 g/mol. The van der Waals surface area contributed by atoms with E-state index in [4.69, 9.17) is 11.6 Å². The number of nitrogens with one attached hydrogen (secondary N) is 1. The van der Waals surface area contributed by atoms with Crippen LogP contribution in [-0.4, -0.2) is 72.5 Å². The highest BCUT2D eigenvalue weighted by Gasteiger charge is 2.65. The fraction of sp³-hybridized carbons (Fsp3) is 0.875. The summed E-state index contributed by atoms with van der Waals surface area (Å²) >= 11 is 6.50. The van der Waals surface area contributed by atoms with Gasteiger partial charge in [-0.3, -0.25) is 4.79 Å². The molecule has 1 saturated heterocycles. The molecule has 2 N–H and O–H groups in total. The van der Waals surface area contributed by atoms with Gasteiger partial charge < -0.3 is 15.3 Å².